The molecule has 1 aliphatic heterocycles. The van der Waals surface area contributed by atoms with E-state index < -0.39 is 0 Å². The molecule has 3 rings (SSSR count). The number of hydrogen-bond donors (Lipinski definition) is 0. The van der Waals surface area contributed by atoms with E-state index in [0.29, 0.717) is 17.9 Å². The lowest BCUT2D eigenvalue weighted by Gasteiger charge is -2.28. The molecule has 2 atom stereocenters. The molecule has 2 unspecified atom stereocenters. The number of nitrogens with zero attached hydrogens (tertiary/aromatic N) is 2. The largest absolute Gasteiger partial charge is 0.334 e. The van der Waals surface area contributed by atoms with Crippen molar-refractivity contribution in [1.29, 1.82) is 0 Å². The van der Waals surface area contributed by atoms with Gasteiger partial charge < -0.3 is 4.90 Å². The van der Waals surface area contributed by atoms with Crippen LogP contribution in [-0.2, 0) is 4.79 Å². The number of amides is 1. The molecule has 100 valence electrons. The van der Waals surface area contributed by atoms with Crippen LogP contribution in [0.2, 0.25) is 0 Å². The summed E-state index contributed by atoms with van der Waals surface area (Å²) in [6.45, 7) is 0.754. The summed E-state index contributed by atoms with van der Waals surface area (Å²) in [5.74, 6) is 0.378. The second-order valence-corrected chi connectivity index (χ2v) is 5.39. The molecule has 1 aliphatic carbocycles. The van der Waals surface area contributed by atoms with Gasteiger partial charge in [-0.2, -0.15) is 0 Å². The van der Waals surface area contributed by atoms with Gasteiger partial charge in [0.15, 0.2) is 0 Å². The van der Waals surface area contributed by atoms with Crippen LogP contribution in [0, 0.1) is 5.92 Å². The topological polar surface area (TPSA) is 50.3 Å². The van der Waals surface area contributed by atoms with Crippen molar-refractivity contribution in [3.63, 3.8) is 0 Å². The van der Waals surface area contributed by atoms with Crippen LogP contribution in [0.3, 0.4) is 0 Å². The zero-order valence-electron chi connectivity index (χ0n) is 10.9. The van der Waals surface area contributed by atoms with E-state index in [4.69, 9.17) is 0 Å². The number of carbonyl (C=O) groups is 2. The number of hydrogen-bond acceptors (Lipinski definition) is 3. The van der Waals surface area contributed by atoms with Crippen molar-refractivity contribution in [3.8, 4) is 0 Å². The van der Waals surface area contributed by atoms with E-state index in [1.54, 1.807) is 18.3 Å². The summed E-state index contributed by atoms with van der Waals surface area (Å²) in [5, 5.41) is 0. The van der Waals surface area contributed by atoms with Crippen molar-refractivity contribution in [3.05, 3.63) is 30.1 Å². The molecule has 19 heavy (non-hydrogen) atoms. The highest BCUT2D eigenvalue weighted by Crippen LogP contribution is 2.33. The van der Waals surface area contributed by atoms with Crippen LogP contribution in [0.1, 0.15) is 42.6 Å². The van der Waals surface area contributed by atoms with E-state index in [1.165, 1.54) is 0 Å². The Balaban J connectivity index is 1.80. The first-order chi connectivity index (χ1) is 9.27. The quantitative estimate of drug-likeness (QED) is 0.815. The highest BCUT2D eigenvalue weighted by Gasteiger charge is 2.40. The Morgan fingerprint density at radius 1 is 1.26 bits per heavy atom. The zero-order chi connectivity index (χ0) is 13.2. The summed E-state index contributed by atoms with van der Waals surface area (Å²) >= 11 is 0. The number of Topliss-reactive ketones (excluding diaryl/α,β-unsaturated/α-hetero) is 1. The summed E-state index contributed by atoms with van der Waals surface area (Å²) in [6, 6.07) is 5.48. The fourth-order valence-electron chi connectivity index (χ4n) is 3.35. The van der Waals surface area contributed by atoms with Crippen molar-refractivity contribution in [2.45, 2.75) is 38.1 Å². The molecule has 2 fully saturated rings. The number of likely N-dealkylation sites (tertiary alicyclic amines) is 1. The first-order valence-corrected chi connectivity index (χ1v) is 7.02. The van der Waals surface area contributed by atoms with Crippen LogP contribution in [0.25, 0.3) is 0 Å². The molecule has 1 aromatic rings. The Labute approximate surface area is 112 Å². The molecule has 1 saturated heterocycles. The Morgan fingerprint density at radius 3 is 2.84 bits per heavy atom. The Bertz CT molecular complexity index is 486. The van der Waals surface area contributed by atoms with Gasteiger partial charge in [0.05, 0.1) is 0 Å². The maximum Gasteiger partial charge on any atom is 0.272 e. The smallest absolute Gasteiger partial charge is 0.272 e. The lowest BCUT2D eigenvalue weighted by Crippen LogP contribution is -2.41. The molecule has 4 nitrogen and oxygen atoms in total. The Kier molecular flexibility index (Phi) is 3.32. The fraction of sp³-hybridized carbons (Fsp3) is 0.533. The molecule has 4 heteroatoms. The predicted molar refractivity (Wildman–Crippen MR) is 70.6 cm³/mol. The van der Waals surface area contributed by atoms with Gasteiger partial charge >= 0.3 is 0 Å². The monoisotopic (exact) mass is 258 g/mol. The minimum absolute atomic E-state index is 0.0252. The minimum Gasteiger partial charge on any atom is -0.334 e. The first kappa shape index (κ1) is 12.3. The van der Waals surface area contributed by atoms with Gasteiger partial charge in [-0.15, -0.1) is 0 Å². The van der Waals surface area contributed by atoms with Crippen LogP contribution in [-0.4, -0.2) is 34.2 Å². The molecule has 0 radical (unpaired) electrons. The minimum atomic E-state index is -0.0252. The molecule has 1 saturated carbocycles. The summed E-state index contributed by atoms with van der Waals surface area (Å²) < 4.78 is 0. The van der Waals surface area contributed by atoms with Crippen LogP contribution in [0.5, 0.6) is 0 Å². The third kappa shape index (κ3) is 2.27. The summed E-state index contributed by atoms with van der Waals surface area (Å²) in [6.07, 6.45) is 6.19. The molecule has 0 N–H and O–H groups in total. The third-order valence-electron chi connectivity index (χ3n) is 4.26. The molecule has 0 spiro atoms. The number of pyridine rings is 1. The van der Waals surface area contributed by atoms with E-state index >= 15 is 0 Å². The average molecular weight is 258 g/mol. The van der Waals surface area contributed by atoms with Crippen molar-refractivity contribution in [1.82, 2.24) is 9.88 Å². The van der Waals surface area contributed by atoms with Gasteiger partial charge in [-0.3, -0.25) is 14.6 Å². The summed E-state index contributed by atoms with van der Waals surface area (Å²) in [7, 11) is 0. The van der Waals surface area contributed by atoms with Gasteiger partial charge in [0, 0.05) is 31.1 Å². The van der Waals surface area contributed by atoms with E-state index in [-0.39, 0.29) is 17.9 Å². The summed E-state index contributed by atoms with van der Waals surface area (Å²) in [5.41, 5.74) is 0.486. The number of ketones is 1. The maximum absolute atomic E-state index is 12.5. The van der Waals surface area contributed by atoms with Gasteiger partial charge in [0.1, 0.15) is 11.5 Å². The molecular weight excluding hydrogens is 240 g/mol. The van der Waals surface area contributed by atoms with E-state index in [0.717, 1.165) is 32.2 Å². The second kappa shape index (κ2) is 5.11. The fourth-order valence-corrected chi connectivity index (χ4v) is 3.35. The standard InChI is InChI=1S/C15H18N2O2/c18-14-8-3-5-11(14)13-7-4-10-17(13)15(19)12-6-1-2-9-16-12/h1-2,6,9,11,13H,3-5,7-8,10H2. The number of rotatable bonds is 2. The zero-order valence-corrected chi connectivity index (χ0v) is 10.9. The van der Waals surface area contributed by atoms with Gasteiger partial charge in [-0.05, 0) is 37.8 Å². The van der Waals surface area contributed by atoms with Crippen LogP contribution >= 0.6 is 0 Å². The SMILES string of the molecule is O=C1CCCC1C1CCCN1C(=O)c1ccccn1. The van der Waals surface area contributed by atoms with Crippen molar-refractivity contribution >= 4 is 11.7 Å². The van der Waals surface area contributed by atoms with Crippen molar-refractivity contribution < 1.29 is 9.59 Å². The van der Waals surface area contributed by atoms with Crippen LogP contribution in [0.4, 0.5) is 0 Å². The van der Waals surface area contributed by atoms with E-state index in [9.17, 15) is 9.59 Å². The van der Waals surface area contributed by atoms with Crippen molar-refractivity contribution in [2.75, 3.05) is 6.54 Å². The molecule has 1 aromatic heterocycles. The van der Waals surface area contributed by atoms with Gasteiger partial charge in [-0.25, -0.2) is 0 Å². The highest BCUT2D eigenvalue weighted by molar-refractivity contribution is 5.93. The van der Waals surface area contributed by atoms with Crippen LogP contribution in [0.15, 0.2) is 24.4 Å². The highest BCUT2D eigenvalue weighted by atomic mass is 16.2. The van der Waals surface area contributed by atoms with E-state index in [2.05, 4.69) is 4.98 Å². The number of carbonyl (C=O) groups excluding carboxylic acids is 2. The molecule has 0 bridgehead atoms. The third-order valence-corrected chi connectivity index (χ3v) is 4.26. The lowest BCUT2D eigenvalue weighted by atomic mass is 9.95. The van der Waals surface area contributed by atoms with Gasteiger partial charge in [-0.1, -0.05) is 6.07 Å². The van der Waals surface area contributed by atoms with Gasteiger partial charge in [0.25, 0.3) is 5.91 Å². The van der Waals surface area contributed by atoms with Crippen LogP contribution < -0.4 is 0 Å². The average Bonchev–Trinajstić information content (AvgIpc) is 3.07. The van der Waals surface area contributed by atoms with Gasteiger partial charge in [0.2, 0.25) is 0 Å². The Morgan fingerprint density at radius 2 is 2.16 bits per heavy atom. The molecule has 2 heterocycles. The maximum atomic E-state index is 12.5. The lowest BCUT2D eigenvalue weighted by molar-refractivity contribution is -0.121. The molecular formula is C15H18N2O2. The second-order valence-electron chi connectivity index (χ2n) is 5.39. The molecule has 1 amide bonds. The summed E-state index contributed by atoms with van der Waals surface area (Å²) in [4.78, 5) is 30.4. The normalized spacial score (nSPS) is 26.9. The van der Waals surface area contributed by atoms with Crippen molar-refractivity contribution in [2.24, 2.45) is 5.92 Å². The molecule has 2 aliphatic rings. The predicted octanol–water partition coefficient (Wildman–Crippen LogP) is 2.06. The number of aromatic nitrogens is 1. The van der Waals surface area contributed by atoms with E-state index in [1.807, 2.05) is 11.0 Å². The first-order valence-electron chi connectivity index (χ1n) is 7.02. The Hall–Kier alpha value is -1.71. The molecule has 0 aromatic carbocycles.